The van der Waals surface area contributed by atoms with Crippen LogP contribution in [0.15, 0.2) is 18.2 Å². The van der Waals surface area contributed by atoms with Gasteiger partial charge in [-0.2, -0.15) is 0 Å². The maximum absolute atomic E-state index is 14.2. The molecule has 2 unspecified atom stereocenters. The van der Waals surface area contributed by atoms with Gasteiger partial charge in [-0.1, -0.05) is 39.3 Å². The molecule has 1 aromatic carbocycles. The number of aliphatic hydroxyl groups excluding tert-OH is 1. The minimum atomic E-state index is -1.11. The molecule has 3 fully saturated rings. The van der Waals surface area contributed by atoms with Crippen molar-refractivity contribution in [3.8, 4) is 0 Å². The largest absolute Gasteiger partial charge is 0.394 e. The van der Waals surface area contributed by atoms with Gasteiger partial charge in [-0.25, -0.2) is 0 Å². The van der Waals surface area contributed by atoms with Crippen LogP contribution in [0.5, 0.6) is 0 Å². The lowest BCUT2D eigenvalue weighted by atomic mass is 9.66. The van der Waals surface area contributed by atoms with Crippen LogP contribution < -0.4 is 10.6 Å². The third-order valence-corrected chi connectivity index (χ3v) is 8.79. The first-order valence-corrected chi connectivity index (χ1v) is 13.3. The molecule has 8 nitrogen and oxygen atoms in total. The van der Waals surface area contributed by atoms with E-state index in [1.807, 2.05) is 59.7 Å². The zero-order valence-electron chi connectivity index (χ0n) is 22.4. The Bertz CT molecular complexity index is 1040. The van der Waals surface area contributed by atoms with E-state index in [0.29, 0.717) is 25.1 Å². The quantitative estimate of drug-likeness (QED) is 0.484. The predicted molar refractivity (Wildman–Crippen MR) is 137 cm³/mol. The van der Waals surface area contributed by atoms with Crippen molar-refractivity contribution in [2.24, 2.45) is 17.8 Å². The van der Waals surface area contributed by atoms with Crippen molar-refractivity contribution in [2.45, 2.75) is 90.5 Å². The smallest absolute Gasteiger partial charge is 0.250 e. The zero-order chi connectivity index (χ0) is 26.4. The first-order valence-electron chi connectivity index (χ1n) is 13.3. The van der Waals surface area contributed by atoms with Crippen molar-refractivity contribution in [3.63, 3.8) is 0 Å². The Labute approximate surface area is 214 Å². The molecule has 4 rings (SSSR count). The number of aliphatic hydroxyl groups is 1. The van der Waals surface area contributed by atoms with Gasteiger partial charge in [0, 0.05) is 12.2 Å². The molecule has 1 spiro atoms. The van der Waals surface area contributed by atoms with Crippen molar-refractivity contribution >= 4 is 23.4 Å². The Kier molecular flexibility index (Phi) is 7.23. The highest BCUT2D eigenvalue weighted by Gasteiger charge is 2.78. The maximum atomic E-state index is 14.2. The van der Waals surface area contributed by atoms with Crippen LogP contribution in [0.2, 0.25) is 0 Å². The van der Waals surface area contributed by atoms with Crippen LogP contribution in [0.1, 0.15) is 64.5 Å². The molecular formula is C28H41N3O5. The summed E-state index contributed by atoms with van der Waals surface area (Å²) < 4.78 is 6.65. The number of hydrogen-bond donors (Lipinski definition) is 3. The van der Waals surface area contributed by atoms with Crippen LogP contribution in [0.25, 0.3) is 0 Å². The second-order valence-electron chi connectivity index (χ2n) is 11.2. The number of nitrogens with zero attached hydrogens (tertiary/aromatic N) is 1. The molecule has 36 heavy (non-hydrogen) atoms. The Morgan fingerprint density at radius 2 is 1.94 bits per heavy atom. The molecular weight excluding hydrogens is 458 g/mol. The van der Waals surface area contributed by atoms with Gasteiger partial charge in [-0.05, 0) is 63.1 Å². The minimum Gasteiger partial charge on any atom is -0.394 e. The van der Waals surface area contributed by atoms with E-state index in [-0.39, 0.29) is 30.2 Å². The summed E-state index contributed by atoms with van der Waals surface area (Å²) in [4.78, 5) is 43.2. The number of hydrogen-bond acceptors (Lipinski definition) is 5. The molecule has 3 saturated heterocycles. The molecule has 0 aromatic heterocycles. The molecule has 7 atom stereocenters. The summed E-state index contributed by atoms with van der Waals surface area (Å²) >= 11 is 0. The van der Waals surface area contributed by atoms with E-state index in [1.54, 1.807) is 4.90 Å². The SMILES string of the molecule is CCCNC(=O)[C@@H]1[C@H]2C(=O)N([C@@H](CO)[C@@H](C)CC)C(C(=O)Nc3cc(C)ccc3C)C23CC[C@@]1(C)O3. The Hall–Kier alpha value is -2.45. The Morgan fingerprint density at radius 3 is 2.58 bits per heavy atom. The minimum absolute atomic E-state index is 0.0367. The molecule has 3 aliphatic rings. The van der Waals surface area contributed by atoms with Crippen molar-refractivity contribution in [1.82, 2.24) is 10.2 Å². The van der Waals surface area contributed by atoms with Crippen molar-refractivity contribution in [2.75, 3.05) is 18.5 Å². The number of ether oxygens (including phenoxy) is 1. The highest BCUT2D eigenvalue weighted by Crippen LogP contribution is 2.63. The first kappa shape index (κ1) is 26.6. The fourth-order valence-corrected chi connectivity index (χ4v) is 6.67. The average molecular weight is 500 g/mol. The third-order valence-electron chi connectivity index (χ3n) is 8.79. The van der Waals surface area contributed by atoms with E-state index in [0.717, 1.165) is 24.0 Å². The van der Waals surface area contributed by atoms with Gasteiger partial charge >= 0.3 is 0 Å². The lowest BCUT2D eigenvalue weighted by Gasteiger charge is -2.39. The monoisotopic (exact) mass is 499 g/mol. The van der Waals surface area contributed by atoms with Crippen molar-refractivity contribution < 1.29 is 24.2 Å². The lowest BCUT2D eigenvalue weighted by molar-refractivity contribution is -0.149. The van der Waals surface area contributed by atoms with Crippen LogP contribution in [-0.4, -0.2) is 64.2 Å². The second-order valence-corrected chi connectivity index (χ2v) is 11.2. The molecule has 198 valence electrons. The summed E-state index contributed by atoms with van der Waals surface area (Å²) in [5.41, 5.74) is 0.695. The standard InChI is InChI=1S/C28H41N3O5/c1-7-13-29-24(33)21-22-26(35)31(20(15-32)17(4)8-2)23(28(22)12-11-27(21,6)36-28)25(34)30-19-14-16(3)9-10-18(19)5/h9-10,14,17,20-23,32H,7-8,11-13,15H2,1-6H3,(H,29,33)(H,30,34)/t17-,20-,21-,22-,23?,27+,28?/m0/s1. The van der Waals surface area contributed by atoms with Gasteiger partial charge in [0.2, 0.25) is 17.7 Å². The summed E-state index contributed by atoms with van der Waals surface area (Å²) in [6, 6.07) is 4.36. The van der Waals surface area contributed by atoms with Crippen LogP contribution in [0.4, 0.5) is 5.69 Å². The van der Waals surface area contributed by atoms with E-state index in [4.69, 9.17) is 4.74 Å². The second kappa shape index (κ2) is 9.78. The van der Waals surface area contributed by atoms with E-state index in [9.17, 15) is 19.5 Å². The number of carbonyl (C=O) groups is 3. The number of anilines is 1. The fraction of sp³-hybridized carbons (Fsp3) is 0.679. The summed E-state index contributed by atoms with van der Waals surface area (Å²) in [5.74, 6) is -2.27. The number of carbonyl (C=O) groups excluding carboxylic acids is 3. The average Bonchev–Trinajstić information content (AvgIpc) is 3.41. The fourth-order valence-electron chi connectivity index (χ4n) is 6.67. The summed E-state index contributed by atoms with van der Waals surface area (Å²) in [6.07, 6.45) is 2.62. The molecule has 0 radical (unpaired) electrons. The van der Waals surface area contributed by atoms with Crippen LogP contribution in [0.3, 0.4) is 0 Å². The number of likely N-dealkylation sites (tertiary alicyclic amines) is 1. The number of nitrogens with one attached hydrogen (secondary N) is 2. The van der Waals surface area contributed by atoms with Crippen LogP contribution >= 0.6 is 0 Å². The summed E-state index contributed by atoms with van der Waals surface area (Å²) in [6.45, 7) is 12.0. The van der Waals surface area contributed by atoms with Gasteiger partial charge in [0.1, 0.15) is 11.6 Å². The predicted octanol–water partition coefficient (Wildman–Crippen LogP) is 2.94. The van der Waals surface area contributed by atoms with Crippen molar-refractivity contribution in [1.29, 1.82) is 0 Å². The zero-order valence-corrected chi connectivity index (χ0v) is 22.4. The molecule has 2 bridgehead atoms. The number of fused-ring (bicyclic) bond motifs is 1. The molecule has 3 amide bonds. The molecule has 0 saturated carbocycles. The summed E-state index contributed by atoms with van der Waals surface area (Å²) in [5, 5.41) is 16.4. The van der Waals surface area contributed by atoms with Gasteiger partial charge in [0.05, 0.1) is 30.1 Å². The molecule has 0 aliphatic carbocycles. The van der Waals surface area contributed by atoms with Gasteiger partial charge in [-0.3, -0.25) is 14.4 Å². The number of amides is 3. The highest BCUT2D eigenvalue weighted by molar-refractivity contribution is 6.04. The number of benzene rings is 1. The van der Waals surface area contributed by atoms with Gasteiger partial charge in [0.25, 0.3) is 0 Å². The van der Waals surface area contributed by atoms with E-state index in [1.165, 1.54) is 0 Å². The summed E-state index contributed by atoms with van der Waals surface area (Å²) in [7, 11) is 0. The van der Waals surface area contributed by atoms with Crippen LogP contribution in [0, 0.1) is 31.6 Å². The normalized spacial score (nSPS) is 32.4. The molecule has 3 N–H and O–H groups in total. The molecule has 1 aromatic rings. The molecule has 3 heterocycles. The maximum Gasteiger partial charge on any atom is 0.250 e. The van der Waals surface area contributed by atoms with Gasteiger partial charge in [0.15, 0.2) is 0 Å². The number of aryl methyl sites for hydroxylation is 2. The topological polar surface area (TPSA) is 108 Å². The molecule has 3 aliphatic heterocycles. The Morgan fingerprint density at radius 1 is 1.22 bits per heavy atom. The Balaban J connectivity index is 1.79. The number of rotatable bonds is 9. The van der Waals surface area contributed by atoms with E-state index in [2.05, 4.69) is 10.6 Å². The van der Waals surface area contributed by atoms with E-state index < -0.39 is 35.1 Å². The highest BCUT2D eigenvalue weighted by atomic mass is 16.5. The van der Waals surface area contributed by atoms with Crippen molar-refractivity contribution in [3.05, 3.63) is 29.3 Å². The van der Waals surface area contributed by atoms with E-state index >= 15 is 0 Å². The van der Waals surface area contributed by atoms with Gasteiger partial charge < -0.3 is 25.4 Å². The van der Waals surface area contributed by atoms with Crippen LogP contribution in [-0.2, 0) is 19.1 Å². The lowest BCUT2D eigenvalue weighted by Crippen LogP contribution is -2.57. The molecule has 8 heteroatoms. The van der Waals surface area contributed by atoms with Gasteiger partial charge in [-0.15, -0.1) is 0 Å². The first-order chi connectivity index (χ1) is 17.0. The third kappa shape index (κ3) is 4.02.